The third-order valence-electron chi connectivity index (χ3n) is 2.86. The summed E-state index contributed by atoms with van der Waals surface area (Å²) in [4.78, 5) is 22.8. The zero-order chi connectivity index (χ0) is 12.0. The topological polar surface area (TPSA) is 52.6 Å². The Kier molecular flexibility index (Phi) is 5.02. The second-order valence-electron chi connectivity index (χ2n) is 3.89. The first-order valence-corrected chi connectivity index (χ1v) is 5.55. The van der Waals surface area contributed by atoms with Crippen molar-refractivity contribution in [3.8, 4) is 0 Å². The molecule has 1 rings (SSSR count). The van der Waals surface area contributed by atoms with Crippen LogP contribution in [-0.2, 0) is 19.1 Å². The monoisotopic (exact) mass is 226 g/mol. The first-order valence-electron chi connectivity index (χ1n) is 5.55. The molecule has 0 heterocycles. The van der Waals surface area contributed by atoms with Crippen LogP contribution in [0.2, 0.25) is 0 Å². The van der Waals surface area contributed by atoms with Crippen LogP contribution >= 0.6 is 0 Å². The van der Waals surface area contributed by atoms with Gasteiger partial charge in [0.2, 0.25) is 0 Å². The number of rotatable bonds is 3. The van der Waals surface area contributed by atoms with E-state index in [1.54, 1.807) is 0 Å². The van der Waals surface area contributed by atoms with E-state index < -0.39 is 11.9 Å². The lowest BCUT2D eigenvalue weighted by atomic mass is 9.90. The predicted molar refractivity (Wildman–Crippen MR) is 58.8 cm³/mol. The van der Waals surface area contributed by atoms with Crippen molar-refractivity contribution >= 4 is 11.9 Å². The van der Waals surface area contributed by atoms with Gasteiger partial charge in [0.1, 0.15) is 0 Å². The number of ether oxygens (including phenoxy) is 2. The average Bonchev–Trinajstić information content (AvgIpc) is 2.35. The van der Waals surface area contributed by atoms with Crippen LogP contribution in [0.4, 0.5) is 0 Å². The summed E-state index contributed by atoms with van der Waals surface area (Å²) in [6.07, 6.45) is 5.16. The summed E-state index contributed by atoms with van der Waals surface area (Å²) in [6, 6.07) is 0. The Morgan fingerprint density at radius 3 is 2.19 bits per heavy atom. The van der Waals surface area contributed by atoms with Gasteiger partial charge in [0.15, 0.2) is 0 Å². The largest absolute Gasteiger partial charge is 0.469 e. The molecule has 1 saturated carbocycles. The lowest BCUT2D eigenvalue weighted by Gasteiger charge is -2.17. The Morgan fingerprint density at radius 1 is 1.06 bits per heavy atom. The highest BCUT2D eigenvalue weighted by atomic mass is 16.5. The molecule has 0 radical (unpaired) electrons. The normalized spacial score (nSPS) is 15.5. The number of allylic oxidation sites excluding steroid dienone is 1. The minimum Gasteiger partial charge on any atom is -0.469 e. The van der Waals surface area contributed by atoms with E-state index in [1.165, 1.54) is 20.6 Å². The first kappa shape index (κ1) is 12.7. The molecule has 1 aliphatic carbocycles. The third kappa shape index (κ3) is 3.36. The zero-order valence-corrected chi connectivity index (χ0v) is 9.88. The van der Waals surface area contributed by atoms with Crippen molar-refractivity contribution in [2.45, 2.75) is 38.5 Å². The second-order valence-corrected chi connectivity index (χ2v) is 3.89. The van der Waals surface area contributed by atoms with Gasteiger partial charge in [0.05, 0.1) is 20.6 Å². The molecular weight excluding hydrogens is 208 g/mol. The van der Waals surface area contributed by atoms with Crippen LogP contribution in [0.15, 0.2) is 11.1 Å². The quantitative estimate of drug-likeness (QED) is 0.545. The lowest BCUT2D eigenvalue weighted by Crippen LogP contribution is -2.14. The highest BCUT2D eigenvalue weighted by Crippen LogP contribution is 2.27. The summed E-state index contributed by atoms with van der Waals surface area (Å²) in [5, 5.41) is 0. The minimum absolute atomic E-state index is 0.0263. The van der Waals surface area contributed by atoms with Crippen molar-refractivity contribution in [1.29, 1.82) is 0 Å². The molecule has 16 heavy (non-hydrogen) atoms. The highest BCUT2D eigenvalue weighted by molar-refractivity contribution is 5.94. The zero-order valence-electron chi connectivity index (χ0n) is 9.88. The molecule has 0 atom stereocenters. The van der Waals surface area contributed by atoms with Crippen molar-refractivity contribution < 1.29 is 19.1 Å². The van der Waals surface area contributed by atoms with Crippen LogP contribution < -0.4 is 0 Å². The van der Waals surface area contributed by atoms with Crippen LogP contribution in [0.25, 0.3) is 0 Å². The van der Waals surface area contributed by atoms with Crippen LogP contribution in [0.5, 0.6) is 0 Å². The van der Waals surface area contributed by atoms with Gasteiger partial charge >= 0.3 is 11.9 Å². The molecule has 0 saturated heterocycles. The van der Waals surface area contributed by atoms with Crippen LogP contribution in [0.3, 0.4) is 0 Å². The van der Waals surface area contributed by atoms with Gasteiger partial charge in [0.25, 0.3) is 0 Å². The van der Waals surface area contributed by atoms with E-state index >= 15 is 0 Å². The number of hydrogen-bond acceptors (Lipinski definition) is 4. The molecular formula is C12H18O4. The van der Waals surface area contributed by atoms with E-state index in [1.807, 2.05) is 0 Å². The van der Waals surface area contributed by atoms with Crippen molar-refractivity contribution in [2.24, 2.45) is 0 Å². The molecule has 0 aromatic rings. The van der Waals surface area contributed by atoms with Crippen molar-refractivity contribution in [3.05, 3.63) is 11.1 Å². The van der Waals surface area contributed by atoms with Crippen LogP contribution in [0, 0.1) is 0 Å². The van der Waals surface area contributed by atoms with E-state index in [0.717, 1.165) is 31.3 Å². The molecule has 0 unspecified atom stereocenters. The lowest BCUT2D eigenvalue weighted by molar-refractivity contribution is -0.143. The number of carbonyl (C=O) groups excluding carboxylic acids is 2. The van der Waals surface area contributed by atoms with Crippen molar-refractivity contribution in [2.75, 3.05) is 14.2 Å². The Bertz CT molecular complexity index is 296. The maximum atomic E-state index is 11.6. The SMILES string of the molecule is COC(=O)CC(C(=O)OC)=C1CCCCC1. The maximum Gasteiger partial charge on any atom is 0.334 e. The van der Waals surface area contributed by atoms with E-state index in [4.69, 9.17) is 4.74 Å². The van der Waals surface area contributed by atoms with Crippen molar-refractivity contribution in [3.63, 3.8) is 0 Å². The summed E-state index contributed by atoms with van der Waals surface area (Å²) in [5.74, 6) is -0.791. The summed E-state index contributed by atoms with van der Waals surface area (Å²) >= 11 is 0. The molecule has 0 amide bonds. The van der Waals surface area contributed by atoms with E-state index in [0.29, 0.717) is 5.57 Å². The summed E-state index contributed by atoms with van der Waals surface area (Å²) < 4.78 is 9.29. The van der Waals surface area contributed by atoms with E-state index in [2.05, 4.69) is 4.74 Å². The molecule has 4 heteroatoms. The molecule has 4 nitrogen and oxygen atoms in total. The standard InChI is InChI=1S/C12H18O4/c1-15-11(13)8-10(12(14)16-2)9-6-4-3-5-7-9/h3-8H2,1-2H3. The number of methoxy groups -OCH3 is 2. The molecule has 1 fully saturated rings. The minimum atomic E-state index is -0.401. The maximum absolute atomic E-state index is 11.6. The Labute approximate surface area is 95.6 Å². The number of carbonyl (C=O) groups is 2. The average molecular weight is 226 g/mol. The third-order valence-corrected chi connectivity index (χ3v) is 2.86. The summed E-state index contributed by atoms with van der Waals surface area (Å²) in [6.45, 7) is 0. The fourth-order valence-electron chi connectivity index (χ4n) is 1.96. The van der Waals surface area contributed by atoms with Gasteiger partial charge in [-0.25, -0.2) is 4.79 Å². The van der Waals surface area contributed by atoms with Gasteiger partial charge in [-0.05, 0) is 25.7 Å². The summed E-state index contributed by atoms with van der Waals surface area (Å²) in [5.41, 5.74) is 1.55. The van der Waals surface area contributed by atoms with Crippen LogP contribution in [0.1, 0.15) is 38.5 Å². The molecule has 90 valence electrons. The Balaban J connectivity index is 2.84. The molecule has 0 aliphatic heterocycles. The van der Waals surface area contributed by atoms with E-state index in [9.17, 15) is 9.59 Å². The van der Waals surface area contributed by atoms with Gasteiger partial charge in [-0.1, -0.05) is 12.0 Å². The number of hydrogen-bond donors (Lipinski definition) is 0. The van der Waals surface area contributed by atoms with Gasteiger partial charge in [-0.2, -0.15) is 0 Å². The Hall–Kier alpha value is -1.32. The van der Waals surface area contributed by atoms with Gasteiger partial charge in [0, 0.05) is 5.57 Å². The van der Waals surface area contributed by atoms with Gasteiger partial charge in [-0.15, -0.1) is 0 Å². The Morgan fingerprint density at radius 2 is 1.69 bits per heavy atom. The highest BCUT2D eigenvalue weighted by Gasteiger charge is 2.21. The van der Waals surface area contributed by atoms with Gasteiger partial charge < -0.3 is 9.47 Å². The fraction of sp³-hybridized carbons (Fsp3) is 0.667. The predicted octanol–water partition coefficient (Wildman–Crippen LogP) is 1.98. The summed E-state index contributed by atoms with van der Waals surface area (Å²) in [7, 11) is 2.66. The molecule has 0 spiro atoms. The second kappa shape index (κ2) is 6.30. The van der Waals surface area contributed by atoms with Crippen molar-refractivity contribution in [1.82, 2.24) is 0 Å². The van der Waals surface area contributed by atoms with Crippen LogP contribution in [-0.4, -0.2) is 26.2 Å². The first-order chi connectivity index (χ1) is 7.69. The molecule has 0 bridgehead atoms. The molecule has 0 N–H and O–H groups in total. The fourth-order valence-corrected chi connectivity index (χ4v) is 1.96. The van der Waals surface area contributed by atoms with E-state index in [-0.39, 0.29) is 6.42 Å². The van der Waals surface area contributed by atoms with Gasteiger partial charge in [-0.3, -0.25) is 4.79 Å². The molecule has 1 aliphatic rings. The molecule has 0 aromatic heterocycles. The molecule has 0 aromatic carbocycles. The number of esters is 2. The smallest absolute Gasteiger partial charge is 0.334 e.